The molecule has 0 N–H and O–H groups in total. The number of piperidine rings is 1. The largest absolute Gasteiger partial charge is 0.464 e. The van der Waals surface area contributed by atoms with Gasteiger partial charge in [-0.1, -0.05) is 33.8 Å². The molecule has 24 heavy (non-hydrogen) atoms. The highest BCUT2D eigenvalue weighted by atomic mass is 16.3. The first-order valence-corrected chi connectivity index (χ1v) is 9.20. The smallest absolute Gasteiger partial charge is 0.227 e. The van der Waals surface area contributed by atoms with Gasteiger partial charge in [-0.25, -0.2) is 0 Å². The average Bonchev–Trinajstić information content (AvgIpc) is 2.96. The van der Waals surface area contributed by atoms with Crippen molar-refractivity contribution in [3.05, 3.63) is 35.6 Å². The minimum absolute atomic E-state index is 0.0902. The van der Waals surface area contributed by atoms with Crippen LogP contribution in [0.3, 0.4) is 0 Å². The van der Waals surface area contributed by atoms with Gasteiger partial charge in [0.25, 0.3) is 0 Å². The number of amides is 1. The van der Waals surface area contributed by atoms with Crippen LogP contribution < -0.4 is 0 Å². The molecule has 0 spiro atoms. The fourth-order valence-electron chi connectivity index (χ4n) is 3.70. The van der Waals surface area contributed by atoms with Crippen LogP contribution in [0.5, 0.6) is 0 Å². The summed E-state index contributed by atoms with van der Waals surface area (Å²) in [5.41, 5.74) is 3.25. The third kappa shape index (κ3) is 3.35. The summed E-state index contributed by atoms with van der Waals surface area (Å²) in [5.74, 6) is 0.241. The molecular formula is C21H29NO2. The van der Waals surface area contributed by atoms with Gasteiger partial charge in [0.05, 0.1) is 12.7 Å². The van der Waals surface area contributed by atoms with E-state index in [4.69, 9.17) is 4.42 Å². The quantitative estimate of drug-likeness (QED) is 0.789. The fraction of sp³-hybridized carbons (Fsp3) is 0.571. The average molecular weight is 327 g/mol. The van der Waals surface area contributed by atoms with Crippen LogP contribution >= 0.6 is 0 Å². The van der Waals surface area contributed by atoms with E-state index in [-0.39, 0.29) is 11.3 Å². The predicted molar refractivity (Wildman–Crippen MR) is 98.3 cm³/mol. The van der Waals surface area contributed by atoms with Gasteiger partial charge in [-0.05, 0) is 48.8 Å². The Kier molecular flexibility index (Phi) is 4.71. The minimum Gasteiger partial charge on any atom is -0.464 e. The van der Waals surface area contributed by atoms with Crippen LogP contribution in [0.1, 0.15) is 64.5 Å². The highest BCUT2D eigenvalue weighted by Crippen LogP contribution is 2.30. The van der Waals surface area contributed by atoms with E-state index in [9.17, 15) is 4.79 Å². The maximum atomic E-state index is 12.8. The maximum Gasteiger partial charge on any atom is 0.227 e. The van der Waals surface area contributed by atoms with Gasteiger partial charge in [-0.15, -0.1) is 0 Å². The Balaban J connectivity index is 1.85. The molecule has 1 atom stereocenters. The number of rotatable bonds is 3. The molecule has 1 aromatic heterocycles. The van der Waals surface area contributed by atoms with Gasteiger partial charge in [0.2, 0.25) is 5.91 Å². The van der Waals surface area contributed by atoms with Crippen molar-refractivity contribution in [1.82, 2.24) is 4.90 Å². The lowest BCUT2D eigenvalue weighted by molar-refractivity contribution is -0.134. The standard InChI is InChI=1S/C21H29NO2/c1-5-17-8-6-7-11-22(17)20(23)12-15-14-24-19-10-9-16(13-18(15)19)21(2,3)4/h9-10,13-14,17H,5-8,11-12H2,1-4H3. The molecule has 1 fully saturated rings. The van der Waals surface area contributed by atoms with Crippen molar-refractivity contribution in [2.75, 3.05) is 6.54 Å². The Labute approximate surface area is 145 Å². The van der Waals surface area contributed by atoms with Crippen LogP contribution in [0.15, 0.2) is 28.9 Å². The van der Waals surface area contributed by atoms with E-state index in [1.165, 1.54) is 12.0 Å². The van der Waals surface area contributed by atoms with Gasteiger partial charge < -0.3 is 9.32 Å². The Hall–Kier alpha value is -1.77. The van der Waals surface area contributed by atoms with Crippen LogP contribution in [0, 0.1) is 0 Å². The summed E-state index contributed by atoms with van der Waals surface area (Å²) in [4.78, 5) is 14.9. The zero-order chi connectivity index (χ0) is 17.3. The lowest BCUT2D eigenvalue weighted by atomic mass is 9.86. The highest BCUT2D eigenvalue weighted by Gasteiger charge is 2.26. The van der Waals surface area contributed by atoms with E-state index < -0.39 is 0 Å². The molecule has 0 saturated carbocycles. The Morgan fingerprint density at radius 3 is 2.79 bits per heavy atom. The van der Waals surface area contributed by atoms with Crippen molar-refractivity contribution in [2.24, 2.45) is 0 Å². The van der Waals surface area contributed by atoms with Gasteiger partial charge >= 0.3 is 0 Å². The van der Waals surface area contributed by atoms with Crippen molar-refractivity contribution in [3.8, 4) is 0 Å². The molecule has 1 unspecified atom stereocenters. The van der Waals surface area contributed by atoms with Crippen LogP contribution in [-0.4, -0.2) is 23.4 Å². The van der Waals surface area contributed by atoms with Crippen LogP contribution in [0.2, 0.25) is 0 Å². The molecule has 2 heterocycles. The normalized spacial score (nSPS) is 19.0. The molecule has 3 heteroatoms. The van der Waals surface area contributed by atoms with Crippen LogP contribution in [-0.2, 0) is 16.6 Å². The first kappa shape index (κ1) is 17.1. The molecule has 3 nitrogen and oxygen atoms in total. The van der Waals surface area contributed by atoms with E-state index in [1.807, 2.05) is 6.07 Å². The lowest BCUT2D eigenvalue weighted by Gasteiger charge is -2.35. The van der Waals surface area contributed by atoms with Gasteiger partial charge in [-0.2, -0.15) is 0 Å². The SMILES string of the molecule is CCC1CCCCN1C(=O)Cc1coc2ccc(C(C)(C)C)cc12. The minimum atomic E-state index is 0.0902. The second-order valence-corrected chi connectivity index (χ2v) is 8.04. The van der Waals surface area contributed by atoms with Crippen molar-refractivity contribution >= 4 is 16.9 Å². The van der Waals surface area contributed by atoms with Gasteiger partial charge in [-0.3, -0.25) is 4.79 Å². The Morgan fingerprint density at radius 1 is 1.29 bits per heavy atom. The number of fused-ring (bicyclic) bond motifs is 1. The summed E-state index contributed by atoms with van der Waals surface area (Å²) in [6.45, 7) is 9.70. The first-order chi connectivity index (χ1) is 11.4. The number of carbonyl (C=O) groups excluding carboxylic acids is 1. The summed E-state index contributed by atoms with van der Waals surface area (Å²) < 4.78 is 5.69. The maximum absolute atomic E-state index is 12.8. The fourth-order valence-corrected chi connectivity index (χ4v) is 3.70. The summed E-state index contributed by atoms with van der Waals surface area (Å²) in [6, 6.07) is 6.75. The molecule has 0 aliphatic carbocycles. The van der Waals surface area contributed by atoms with Crippen molar-refractivity contribution in [3.63, 3.8) is 0 Å². The van der Waals surface area contributed by atoms with E-state index >= 15 is 0 Å². The number of nitrogens with zero attached hydrogens (tertiary/aromatic N) is 1. The number of likely N-dealkylation sites (tertiary alicyclic amines) is 1. The van der Waals surface area contributed by atoms with Gasteiger partial charge in [0, 0.05) is 23.5 Å². The van der Waals surface area contributed by atoms with E-state index in [0.717, 1.165) is 42.3 Å². The summed E-state index contributed by atoms with van der Waals surface area (Å²) in [5, 5.41) is 1.08. The number of furan rings is 1. The number of benzene rings is 1. The zero-order valence-corrected chi connectivity index (χ0v) is 15.4. The second-order valence-electron chi connectivity index (χ2n) is 8.04. The first-order valence-electron chi connectivity index (χ1n) is 9.20. The molecule has 0 bridgehead atoms. The zero-order valence-electron chi connectivity index (χ0n) is 15.4. The number of hydrogen-bond acceptors (Lipinski definition) is 2. The second kappa shape index (κ2) is 6.62. The monoisotopic (exact) mass is 327 g/mol. The molecule has 1 aromatic carbocycles. The van der Waals surface area contributed by atoms with Crippen molar-refractivity contribution in [2.45, 2.75) is 71.3 Å². The van der Waals surface area contributed by atoms with E-state index in [0.29, 0.717) is 12.5 Å². The molecule has 1 amide bonds. The Morgan fingerprint density at radius 2 is 2.08 bits per heavy atom. The molecule has 1 aliphatic rings. The van der Waals surface area contributed by atoms with Gasteiger partial charge in [0.1, 0.15) is 5.58 Å². The number of hydrogen-bond donors (Lipinski definition) is 0. The number of carbonyl (C=O) groups is 1. The summed E-state index contributed by atoms with van der Waals surface area (Å²) in [7, 11) is 0. The third-order valence-electron chi connectivity index (χ3n) is 5.28. The molecule has 1 aliphatic heterocycles. The van der Waals surface area contributed by atoms with Crippen LogP contribution in [0.4, 0.5) is 0 Å². The lowest BCUT2D eigenvalue weighted by Crippen LogP contribution is -2.44. The molecular weight excluding hydrogens is 298 g/mol. The molecule has 0 radical (unpaired) electrons. The third-order valence-corrected chi connectivity index (χ3v) is 5.28. The molecule has 3 rings (SSSR count). The van der Waals surface area contributed by atoms with E-state index in [1.54, 1.807) is 6.26 Å². The summed E-state index contributed by atoms with van der Waals surface area (Å²) >= 11 is 0. The van der Waals surface area contributed by atoms with Gasteiger partial charge in [0.15, 0.2) is 0 Å². The molecule has 1 saturated heterocycles. The van der Waals surface area contributed by atoms with E-state index in [2.05, 4.69) is 44.7 Å². The highest BCUT2D eigenvalue weighted by molar-refractivity contribution is 5.88. The molecule has 2 aromatic rings. The topological polar surface area (TPSA) is 33.5 Å². The van der Waals surface area contributed by atoms with Crippen molar-refractivity contribution in [1.29, 1.82) is 0 Å². The summed E-state index contributed by atoms with van der Waals surface area (Å²) in [6.07, 6.45) is 6.76. The Bertz CT molecular complexity index is 723. The van der Waals surface area contributed by atoms with Crippen LogP contribution in [0.25, 0.3) is 11.0 Å². The van der Waals surface area contributed by atoms with Crippen molar-refractivity contribution < 1.29 is 9.21 Å². The molecule has 130 valence electrons. The predicted octanol–water partition coefficient (Wildman–Crippen LogP) is 5.06.